The van der Waals surface area contributed by atoms with Crippen LogP contribution in [0.1, 0.15) is 37.2 Å². The molecule has 8 heteroatoms. The van der Waals surface area contributed by atoms with Crippen molar-refractivity contribution in [3.8, 4) is 0 Å². The van der Waals surface area contributed by atoms with Gasteiger partial charge >= 0.3 is 0 Å². The van der Waals surface area contributed by atoms with E-state index in [0.29, 0.717) is 18.8 Å². The predicted molar refractivity (Wildman–Crippen MR) is 96.9 cm³/mol. The number of rotatable bonds is 5. The summed E-state index contributed by atoms with van der Waals surface area (Å²) in [6, 6.07) is 0.250. The largest absolute Gasteiger partial charge is 0.356 e. The van der Waals surface area contributed by atoms with E-state index >= 15 is 0 Å². The molecule has 1 aliphatic heterocycles. The first-order valence-electron chi connectivity index (χ1n) is 8.42. The zero-order valence-corrected chi connectivity index (χ0v) is 16.1. The minimum absolute atomic E-state index is 0.163. The fourth-order valence-electron chi connectivity index (χ4n) is 2.90. The molecule has 2 heterocycles. The highest BCUT2D eigenvalue weighted by atomic mass is 32.2. The summed E-state index contributed by atoms with van der Waals surface area (Å²) in [5, 5.41) is 11.0. The van der Waals surface area contributed by atoms with Crippen LogP contribution in [-0.2, 0) is 23.4 Å². The molecule has 0 aliphatic carbocycles. The van der Waals surface area contributed by atoms with E-state index in [1.165, 1.54) is 0 Å². The maximum Gasteiger partial charge on any atom is 0.191 e. The summed E-state index contributed by atoms with van der Waals surface area (Å²) in [5.74, 6) is 1.46. The number of guanidine groups is 1. The molecule has 0 aromatic carbocycles. The van der Waals surface area contributed by atoms with Gasteiger partial charge in [-0.1, -0.05) is 0 Å². The molecule has 1 fully saturated rings. The molecular weight excluding hydrogens is 326 g/mol. The maximum absolute atomic E-state index is 11.6. The summed E-state index contributed by atoms with van der Waals surface area (Å²) >= 11 is 0. The average Bonchev–Trinajstić information content (AvgIpc) is 2.93. The van der Waals surface area contributed by atoms with Crippen LogP contribution in [0.2, 0.25) is 0 Å². The number of aromatic nitrogens is 2. The van der Waals surface area contributed by atoms with Crippen molar-refractivity contribution in [3.63, 3.8) is 0 Å². The predicted octanol–water partition coefficient (Wildman–Crippen LogP) is 0.915. The third kappa shape index (κ3) is 4.96. The molecule has 0 bridgehead atoms. The summed E-state index contributed by atoms with van der Waals surface area (Å²) < 4.78 is 25.0. The highest BCUT2D eigenvalue weighted by Gasteiger charge is 2.27. The smallest absolute Gasteiger partial charge is 0.191 e. The van der Waals surface area contributed by atoms with Gasteiger partial charge < -0.3 is 10.6 Å². The molecule has 1 unspecified atom stereocenters. The normalized spacial score (nSPS) is 20.6. The second-order valence-electron chi connectivity index (χ2n) is 6.89. The third-order valence-corrected chi connectivity index (χ3v) is 6.20. The van der Waals surface area contributed by atoms with E-state index in [0.717, 1.165) is 29.3 Å². The molecule has 1 aromatic heterocycles. The molecule has 136 valence electrons. The van der Waals surface area contributed by atoms with E-state index in [9.17, 15) is 8.42 Å². The molecule has 0 amide bonds. The van der Waals surface area contributed by atoms with Crippen molar-refractivity contribution in [2.75, 3.05) is 18.1 Å². The van der Waals surface area contributed by atoms with Gasteiger partial charge in [-0.2, -0.15) is 5.10 Å². The molecule has 2 rings (SSSR count). The molecule has 0 saturated carbocycles. The molecule has 0 spiro atoms. The summed E-state index contributed by atoms with van der Waals surface area (Å²) in [7, 11) is -0.909. The minimum atomic E-state index is -2.84. The van der Waals surface area contributed by atoms with E-state index in [4.69, 9.17) is 0 Å². The number of hydrogen-bond acceptors (Lipinski definition) is 4. The number of aliphatic imine (C=N–C) groups is 1. The fraction of sp³-hybridized carbons (Fsp3) is 0.750. The van der Waals surface area contributed by atoms with Gasteiger partial charge in [0.25, 0.3) is 0 Å². The monoisotopic (exact) mass is 355 g/mol. The Labute approximate surface area is 144 Å². The quantitative estimate of drug-likeness (QED) is 0.606. The van der Waals surface area contributed by atoms with Gasteiger partial charge in [0.15, 0.2) is 15.8 Å². The van der Waals surface area contributed by atoms with Gasteiger partial charge in [0.2, 0.25) is 0 Å². The maximum atomic E-state index is 11.6. The van der Waals surface area contributed by atoms with Crippen molar-refractivity contribution in [2.45, 2.75) is 46.7 Å². The molecule has 24 heavy (non-hydrogen) atoms. The van der Waals surface area contributed by atoms with Crippen LogP contribution in [0.15, 0.2) is 4.99 Å². The third-order valence-electron chi connectivity index (χ3n) is 4.36. The molecular formula is C16H29N5O2S. The second kappa shape index (κ2) is 7.55. The van der Waals surface area contributed by atoms with Crippen LogP contribution < -0.4 is 10.6 Å². The van der Waals surface area contributed by atoms with Gasteiger partial charge in [-0.25, -0.2) is 13.4 Å². The Balaban J connectivity index is 2.02. The topological polar surface area (TPSA) is 88.4 Å². The molecule has 1 aromatic rings. The summed E-state index contributed by atoms with van der Waals surface area (Å²) in [6.45, 7) is 9.32. The van der Waals surface area contributed by atoms with Crippen molar-refractivity contribution in [2.24, 2.45) is 18.0 Å². The van der Waals surface area contributed by atoms with Gasteiger partial charge in [0.1, 0.15) is 0 Å². The van der Waals surface area contributed by atoms with Gasteiger partial charge in [-0.3, -0.25) is 4.68 Å². The van der Waals surface area contributed by atoms with Gasteiger partial charge in [0.05, 0.1) is 23.7 Å². The van der Waals surface area contributed by atoms with Crippen LogP contribution in [0.3, 0.4) is 0 Å². The van der Waals surface area contributed by atoms with Crippen molar-refractivity contribution in [1.29, 1.82) is 0 Å². The Bertz CT molecular complexity index is 706. The lowest BCUT2D eigenvalue weighted by molar-refractivity contribution is 0.562. The van der Waals surface area contributed by atoms with Gasteiger partial charge in [0, 0.05) is 30.9 Å². The number of hydrogen-bond donors (Lipinski definition) is 2. The Kier molecular flexibility index (Phi) is 5.90. The van der Waals surface area contributed by atoms with Crippen LogP contribution in [0.25, 0.3) is 0 Å². The highest BCUT2D eigenvalue weighted by molar-refractivity contribution is 7.91. The summed E-state index contributed by atoms with van der Waals surface area (Å²) in [6.07, 6.45) is 0.727. The Morgan fingerprint density at radius 2 is 2.12 bits per heavy atom. The molecule has 7 nitrogen and oxygen atoms in total. The fourth-order valence-corrected chi connectivity index (χ4v) is 4.77. The molecule has 1 atom stereocenters. The first-order chi connectivity index (χ1) is 11.2. The number of sulfone groups is 1. The van der Waals surface area contributed by atoms with Crippen LogP contribution in [0.5, 0.6) is 0 Å². The van der Waals surface area contributed by atoms with E-state index in [1.54, 1.807) is 0 Å². The number of nitrogens with zero attached hydrogens (tertiary/aromatic N) is 3. The Morgan fingerprint density at radius 3 is 2.62 bits per heavy atom. The van der Waals surface area contributed by atoms with Crippen molar-refractivity contribution >= 4 is 15.8 Å². The Morgan fingerprint density at radius 1 is 1.42 bits per heavy atom. The first-order valence-corrected chi connectivity index (χ1v) is 10.2. The SMILES string of the molecule is Cc1nn(C)c(C)c1CN=C(NCC1CCS(=O)(=O)C1)NC(C)C. The summed E-state index contributed by atoms with van der Waals surface area (Å²) in [5.41, 5.74) is 3.23. The van der Waals surface area contributed by atoms with Crippen LogP contribution in [0, 0.1) is 19.8 Å². The Hall–Kier alpha value is -1.57. The van der Waals surface area contributed by atoms with Crippen molar-refractivity contribution < 1.29 is 8.42 Å². The van der Waals surface area contributed by atoms with E-state index in [-0.39, 0.29) is 17.7 Å². The molecule has 2 N–H and O–H groups in total. The van der Waals surface area contributed by atoms with Crippen LogP contribution in [-0.4, -0.2) is 48.3 Å². The van der Waals surface area contributed by atoms with Crippen LogP contribution >= 0.6 is 0 Å². The number of nitrogens with one attached hydrogen (secondary N) is 2. The first kappa shape index (κ1) is 18.8. The lowest BCUT2D eigenvalue weighted by atomic mass is 10.1. The lowest BCUT2D eigenvalue weighted by Gasteiger charge is -2.17. The standard InChI is InChI=1S/C16H29N5O2S/c1-11(2)19-16(17-8-14-6-7-24(22,23)10-14)18-9-15-12(3)20-21(5)13(15)4/h11,14H,6-10H2,1-5H3,(H2,17,18,19). The lowest BCUT2D eigenvalue weighted by Crippen LogP contribution is -2.43. The average molecular weight is 356 g/mol. The van der Waals surface area contributed by atoms with E-state index < -0.39 is 9.84 Å². The summed E-state index contributed by atoms with van der Waals surface area (Å²) in [4.78, 5) is 4.66. The van der Waals surface area contributed by atoms with Crippen molar-refractivity contribution in [1.82, 2.24) is 20.4 Å². The second-order valence-corrected chi connectivity index (χ2v) is 9.12. The minimum Gasteiger partial charge on any atom is -0.356 e. The highest BCUT2D eigenvalue weighted by Crippen LogP contribution is 2.17. The number of aryl methyl sites for hydroxylation is 2. The van der Waals surface area contributed by atoms with Crippen molar-refractivity contribution in [3.05, 3.63) is 17.0 Å². The molecule has 1 saturated heterocycles. The molecule has 1 aliphatic rings. The zero-order chi connectivity index (χ0) is 17.9. The van der Waals surface area contributed by atoms with Gasteiger partial charge in [-0.15, -0.1) is 0 Å². The van der Waals surface area contributed by atoms with Crippen LogP contribution in [0.4, 0.5) is 0 Å². The molecule has 0 radical (unpaired) electrons. The van der Waals surface area contributed by atoms with Gasteiger partial charge in [-0.05, 0) is 40.0 Å². The van der Waals surface area contributed by atoms with E-state index in [2.05, 4.69) is 34.6 Å². The van der Waals surface area contributed by atoms with E-state index in [1.807, 2.05) is 25.6 Å². The zero-order valence-electron chi connectivity index (χ0n) is 15.3.